The lowest BCUT2D eigenvalue weighted by molar-refractivity contribution is 0.627. The standard InChI is InChI=1S/C10H8FIN2/c1-7-13-10(12)6-14(7)9-4-2-8(11)3-5-9/h2-6H,1H3. The van der Waals surface area contributed by atoms with Crippen molar-refractivity contribution in [3.05, 3.63) is 45.8 Å². The lowest BCUT2D eigenvalue weighted by Gasteiger charge is -2.03. The number of hydrogen-bond donors (Lipinski definition) is 0. The molecule has 0 N–H and O–H groups in total. The van der Waals surface area contributed by atoms with Gasteiger partial charge in [-0.05, 0) is 53.8 Å². The first-order valence-corrected chi connectivity index (χ1v) is 5.22. The highest BCUT2D eigenvalue weighted by Crippen LogP contribution is 2.13. The highest BCUT2D eigenvalue weighted by atomic mass is 127. The minimum atomic E-state index is -0.221. The first kappa shape index (κ1) is 9.64. The van der Waals surface area contributed by atoms with Crippen molar-refractivity contribution in [3.63, 3.8) is 0 Å². The smallest absolute Gasteiger partial charge is 0.123 e. The minimum Gasteiger partial charge on any atom is -0.303 e. The Labute approximate surface area is 94.9 Å². The van der Waals surface area contributed by atoms with E-state index < -0.39 is 0 Å². The van der Waals surface area contributed by atoms with Crippen molar-refractivity contribution in [2.75, 3.05) is 0 Å². The molecule has 0 bridgehead atoms. The van der Waals surface area contributed by atoms with Crippen molar-refractivity contribution in [1.82, 2.24) is 9.55 Å². The molecule has 0 radical (unpaired) electrons. The summed E-state index contributed by atoms with van der Waals surface area (Å²) in [6.45, 7) is 1.92. The summed E-state index contributed by atoms with van der Waals surface area (Å²) in [4.78, 5) is 4.27. The molecule has 2 rings (SSSR count). The number of hydrogen-bond acceptors (Lipinski definition) is 1. The van der Waals surface area contributed by atoms with Gasteiger partial charge >= 0.3 is 0 Å². The highest BCUT2D eigenvalue weighted by molar-refractivity contribution is 14.1. The van der Waals surface area contributed by atoms with Crippen molar-refractivity contribution in [3.8, 4) is 5.69 Å². The second-order valence-corrected chi connectivity index (χ2v) is 4.06. The monoisotopic (exact) mass is 302 g/mol. The van der Waals surface area contributed by atoms with Gasteiger partial charge in [-0.3, -0.25) is 0 Å². The van der Waals surface area contributed by atoms with Gasteiger partial charge in [-0.1, -0.05) is 0 Å². The van der Waals surface area contributed by atoms with Crippen LogP contribution in [0.25, 0.3) is 5.69 Å². The van der Waals surface area contributed by atoms with Gasteiger partial charge in [0.25, 0.3) is 0 Å². The number of benzene rings is 1. The molecular formula is C10H8FIN2. The van der Waals surface area contributed by atoms with Crippen LogP contribution in [0.1, 0.15) is 5.82 Å². The first-order valence-electron chi connectivity index (χ1n) is 4.14. The van der Waals surface area contributed by atoms with Crippen LogP contribution in [0.3, 0.4) is 0 Å². The highest BCUT2D eigenvalue weighted by Gasteiger charge is 2.03. The predicted octanol–water partition coefficient (Wildman–Crippen LogP) is 2.92. The van der Waals surface area contributed by atoms with Crippen LogP contribution in [0.4, 0.5) is 4.39 Å². The lowest BCUT2D eigenvalue weighted by atomic mass is 10.3. The van der Waals surface area contributed by atoms with E-state index in [9.17, 15) is 4.39 Å². The van der Waals surface area contributed by atoms with Gasteiger partial charge in [0, 0.05) is 11.9 Å². The van der Waals surface area contributed by atoms with Crippen molar-refractivity contribution >= 4 is 22.6 Å². The predicted molar refractivity (Wildman–Crippen MR) is 61.0 cm³/mol. The average Bonchev–Trinajstić information content (AvgIpc) is 2.47. The summed E-state index contributed by atoms with van der Waals surface area (Å²) in [6.07, 6.45) is 1.92. The Morgan fingerprint density at radius 2 is 1.93 bits per heavy atom. The van der Waals surface area contributed by atoms with Crippen LogP contribution in [0, 0.1) is 16.4 Å². The van der Waals surface area contributed by atoms with Crippen LogP contribution >= 0.6 is 22.6 Å². The zero-order valence-corrected chi connectivity index (χ0v) is 9.69. The van der Waals surface area contributed by atoms with Gasteiger partial charge in [0.15, 0.2) is 0 Å². The van der Waals surface area contributed by atoms with E-state index in [1.165, 1.54) is 12.1 Å². The van der Waals surface area contributed by atoms with Gasteiger partial charge in [0.2, 0.25) is 0 Å². The maximum absolute atomic E-state index is 12.7. The van der Waals surface area contributed by atoms with Crippen molar-refractivity contribution in [2.45, 2.75) is 6.92 Å². The Kier molecular flexibility index (Phi) is 2.54. The van der Waals surface area contributed by atoms with Gasteiger partial charge in [-0.25, -0.2) is 9.37 Å². The summed E-state index contributed by atoms with van der Waals surface area (Å²) in [6, 6.07) is 6.36. The molecule has 0 aliphatic heterocycles. The summed E-state index contributed by atoms with van der Waals surface area (Å²) in [5.74, 6) is 0.683. The van der Waals surface area contributed by atoms with Crippen molar-refractivity contribution < 1.29 is 4.39 Å². The van der Waals surface area contributed by atoms with Gasteiger partial charge in [-0.15, -0.1) is 0 Å². The maximum Gasteiger partial charge on any atom is 0.123 e. The van der Waals surface area contributed by atoms with E-state index >= 15 is 0 Å². The number of aryl methyl sites for hydroxylation is 1. The molecule has 1 aromatic carbocycles. The first-order chi connectivity index (χ1) is 6.66. The van der Waals surface area contributed by atoms with Crippen LogP contribution < -0.4 is 0 Å². The molecule has 1 aromatic heterocycles. The summed E-state index contributed by atoms with van der Waals surface area (Å²) >= 11 is 2.15. The van der Waals surface area contributed by atoms with Crippen LogP contribution in [-0.4, -0.2) is 9.55 Å². The molecule has 0 aliphatic carbocycles. The normalized spacial score (nSPS) is 10.5. The quantitative estimate of drug-likeness (QED) is 0.741. The lowest BCUT2D eigenvalue weighted by Crippen LogP contribution is -1.94. The topological polar surface area (TPSA) is 17.8 Å². The van der Waals surface area contributed by atoms with Gasteiger partial charge in [0.1, 0.15) is 15.3 Å². The average molecular weight is 302 g/mol. The third-order valence-corrected chi connectivity index (χ3v) is 2.48. The molecule has 0 saturated carbocycles. The molecule has 1 heterocycles. The molecule has 0 atom stereocenters. The number of halogens is 2. The van der Waals surface area contributed by atoms with Gasteiger partial charge in [-0.2, -0.15) is 0 Å². The van der Waals surface area contributed by atoms with E-state index in [1.807, 2.05) is 17.7 Å². The SMILES string of the molecule is Cc1nc(I)cn1-c1ccc(F)cc1. The summed E-state index contributed by atoms with van der Waals surface area (Å²) in [7, 11) is 0. The fourth-order valence-electron chi connectivity index (χ4n) is 1.30. The number of nitrogens with zero attached hydrogens (tertiary/aromatic N) is 2. The second kappa shape index (κ2) is 3.68. The molecule has 0 unspecified atom stereocenters. The van der Waals surface area contributed by atoms with Crippen LogP contribution in [0.15, 0.2) is 30.5 Å². The van der Waals surface area contributed by atoms with E-state index in [-0.39, 0.29) is 5.82 Å². The van der Waals surface area contributed by atoms with E-state index in [2.05, 4.69) is 27.6 Å². The minimum absolute atomic E-state index is 0.221. The van der Waals surface area contributed by atoms with E-state index in [0.29, 0.717) is 0 Å². The molecule has 0 fully saturated rings. The maximum atomic E-state index is 12.7. The molecule has 4 heteroatoms. The fraction of sp³-hybridized carbons (Fsp3) is 0.100. The summed E-state index contributed by atoms with van der Waals surface area (Å²) in [5, 5.41) is 0. The Bertz CT molecular complexity index is 448. The summed E-state index contributed by atoms with van der Waals surface area (Å²) in [5.41, 5.74) is 0.930. The van der Waals surface area contributed by atoms with E-state index in [1.54, 1.807) is 12.1 Å². The number of imidazole rings is 1. The molecular weight excluding hydrogens is 294 g/mol. The van der Waals surface area contributed by atoms with Crippen LogP contribution in [0.5, 0.6) is 0 Å². The zero-order valence-electron chi connectivity index (χ0n) is 7.54. The molecule has 0 saturated heterocycles. The van der Waals surface area contributed by atoms with Crippen LogP contribution in [0.2, 0.25) is 0 Å². The third kappa shape index (κ3) is 1.79. The molecule has 0 aliphatic rings. The third-order valence-electron chi connectivity index (χ3n) is 1.96. The van der Waals surface area contributed by atoms with Gasteiger partial charge < -0.3 is 4.57 Å². The Morgan fingerprint density at radius 3 is 2.43 bits per heavy atom. The molecule has 0 amide bonds. The van der Waals surface area contributed by atoms with E-state index in [4.69, 9.17) is 0 Å². The fourth-order valence-corrected chi connectivity index (χ4v) is 1.93. The molecule has 2 aromatic rings. The number of rotatable bonds is 1. The Hall–Kier alpha value is -0.910. The summed E-state index contributed by atoms with van der Waals surface area (Å²) < 4.78 is 15.5. The van der Waals surface area contributed by atoms with Crippen molar-refractivity contribution in [1.29, 1.82) is 0 Å². The van der Waals surface area contributed by atoms with Crippen molar-refractivity contribution in [2.24, 2.45) is 0 Å². The Balaban J connectivity index is 2.49. The van der Waals surface area contributed by atoms with Gasteiger partial charge in [0.05, 0.1) is 0 Å². The van der Waals surface area contributed by atoms with E-state index in [0.717, 1.165) is 15.2 Å². The molecule has 0 spiro atoms. The van der Waals surface area contributed by atoms with Crippen LogP contribution in [-0.2, 0) is 0 Å². The molecule has 14 heavy (non-hydrogen) atoms. The Morgan fingerprint density at radius 1 is 1.29 bits per heavy atom. The zero-order chi connectivity index (χ0) is 10.1. The molecule has 2 nitrogen and oxygen atoms in total. The number of aromatic nitrogens is 2. The molecule has 72 valence electrons. The largest absolute Gasteiger partial charge is 0.303 e. The second-order valence-electron chi connectivity index (χ2n) is 2.96.